The van der Waals surface area contributed by atoms with Crippen molar-refractivity contribution in [2.24, 2.45) is 0 Å². The molecule has 1 aromatic carbocycles. The first kappa shape index (κ1) is 19.0. The van der Waals surface area contributed by atoms with Gasteiger partial charge in [-0.3, -0.25) is 9.69 Å². The van der Waals surface area contributed by atoms with Crippen LogP contribution in [0, 0.1) is 0 Å². The topological polar surface area (TPSA) is 41.6 Å². The molecule has 1 heterocycles. The summed E-state index contributed by atoms with van der Waals surface area (Å²) in [6.07, 6.45) is 6.15. The summed E-state index contributed by atoms with van der Waals surface area (Å²) in [5.74, 6) is 0.492. The van der Waals surface area contributed by atoms with Crippen molar-refractivity contribution < 1.29 is 9.53 Å². The first-order valence-corrected chi connectivity index (χ1v) is 10.5. The van der Waals surface area contributed by atoms with Gasteiger partial charge in [0.15, 0.2) is 0 Å². The summed E-state index contributed by atoms with van der Waals surface area (Å²) in [7, 11) is 0. The second-order valence-electron chi connectivity index (χ2n) is 6.88. The quantitative estimate of drug-likeness (QED) is 0.763. The van der Waals surface area contributed by atoms with Gasteiger partial charge in [0.05, 0.1) is 24.0 Å². The number of thioether (sulfide) groups is 1. The van der Waals surface area contributed by atoms with E-state index in [1.165, 1.54) is 43.9 Å². The minimum absolute atomic E-state index is 0.0862. The molecular formula is C19H27ClN2O2S. The molecule has 1 amide bonds. The van der Waals surface area contributed by atoms with Crippen LogP contribution in [0.2, 0.25) is 5.02 Å². The molecule has 1 saturated heterocycles. The number of nitrogens with zero attached hydrogens (tertiary/aromatic N) is 1. The third-order valence-electron chi connectivity index (χ3n) is 5.28. The largest absolute Gasteiger partial charge is 0.379 e. The number of benzene rings is 1. The molecule has 1 N–H and O–H groups in total. The summed E-state index contributed by atoms with van der Waals surface area (Å²) in [6.45, 7) is 4.31. The van der Waals surface area contributed by atoms with Crippen LogP contribution < -0.4 is 5.32 Å². The highest BCUT2D eigenvalue weighted by Crippen LogP contribution is 2.34. The predicted octanol–water partition coefficient (Wildman–Crippen LogP) is 3.58. The van der Waals surface area contributed by atoms with Crippen LogP contribution in [0.5, 0.6) is 0 Å². The zero-order valence-corrected chi connectivity index (χ0v) is 16.2. The summed E-state index contributed by atoms with van der Waals surface area (Å²) in [5.41, 5.74) is 0.118. The second kappa shape index (κ2) is 9.26. The van der Waals surface area contributed by atoms with E-state index in [-0.39, 0.29) is 11.4 Å². The molecule has 0 spiro atoms. The molecule has 6 heteroatoms. The van der Waals surface area contributed by atoms with Gasteiger partial charge < -0.3 is 10.1 Å². The number of halogens is 1. The van der Waals surface area contributed by atoms with E-state index in [0.717, 1.165) is 37.7 Å². The summed E-state index contributed by atoms with van der Waals surface area (Å²) in [4.78, 5) is 15.9. The summed E-state index contributed by atoms with van der Waals surface area (Å²) >= 11 is 7.66. The van der Waals surface area contributed by atoms with Gasteiger partial charge in [-0.2, -0.15) is 0 Å². The molecule has 1 saturated carbocycles. The van der Waals surface area contributed by atoms with Crippen molar-refractivity contribution in [3.8, 4) is 0 Å². The number of ether oxygens (including phenoxy) is 1. The Kier molecular flexibility index (Phi) is 7.05. The molecule has 4 nitrogen and oxygen atoms in total. The molecule has 0 radical (unpaired) electrons. The van der Waals surface area contributed by atoms with Crippen LogP contribution in [0.15, 0.2) is 29.2 Å². The van der Waals surface area contributed by atoms with Crippen molar-refractivity contribution >= 4 is 29.3 Å². The van der Waals surface area contributed by atoms with E-state index in [9.17, 15) is 4.79 Å². The van der Waals surface area contributed by atoms with Crippen LogP contribution >= 0.6 is 23.4 Å². The Morgan fingerprint density at radius 1 is 1.20 bits per heavy atom. The molecule has 0 bridgehead atoms. The molecule has 1 aliphatic carbocycles. The Labute approximate surface area is 159 Å². The molecule has 138 valence electrons. The van der Waals surface area contributed by atoms with Gasteiger partial charge in [0.25, 0.3) is 0 Å². The van der Waals surface area contributed by atoms with Crippen LogP contribution in [-0.4, -0.2) is 54.9 Å². The fourth-order valence-electron chi connectivity index (χ4n) is 3.87. The minimum Gasteiger partial charge on any atom is -0.379 e. The maximum absolute atomic E-state index is 12.4. The average Bonchev–Trinajstić information content (AvgIpc) is 2.67. The first-order valence-electron chi connectivity index (χ1n) is 9.16. The zero-order chi connectivity index (χ0) is 17.5. The number of hydrogen-bond acceptors (Lipinski definition) is 4. The van der Waals surface area contributed by atoms with Gasteiger partial charge >= 0.3 is 0 Å². The van der Waals surface area contributed by atoms with Crippen molar-refractivity contribution in [1.82, 2.24) is 10.2 Å². The smallest absolute Gasteiger partial charge is 0.230 e. The molecule has 2 fully saturated rings. The summed E-state index contributed by atoms with van der Waals surface area (Å²) in [5, 5.41) is 3.90. The van der Waals surface area contributed by atoms with E-state index in [1.54, 1.807) is 0 Å². The first-order chi connectivity index (χ1) is 12.2. The Balaban J connectivity index is 1.53. The van der Waals surface area contributed by atoms with E-state index >= 15 is 0 Å². The number of morpholine rings is 1. The van der Waals surface area contributed by atoms with Gasteiger partial charge in [0.1, 0.15) is 0 Å². The van der Waals surface area contributed by atoms with Gasteiger partial charge in [-0.05, 0) is 25.0 Å². The molecule has 3 rings (SSSR count). The van der Waals surface area contributed by atoms with Gasteiger partial charge in [0, 0.05) is 30.1 Å². The van der Waals surface area contributed by atoms with Crippen molar-refractivity contribution in [2.45, 2.75) is 42.5 Å². The van der Waals surface area contributed by atoms with Crippen LogP contribution in [0.1, 0.15) is 32.1 Å². The molecule has 0 aromatic heterocycles. The lowest BCUT2D eigenvalue weighted by Crippen LogP contribution is -2.59. The third kappa shape index (κ3) is 5.13. The van der Waals surface area contributed by atoms with Gasteiger partial charge in [-0.25, -0.2) is 0 Å². The maximum atomic E-state index is 12.4. The van der Waals surface area contributed by atoms with Gasteiger partial charge in [0.2, 0.25) is 5.91 Å². The van der Waals surface area contributed by atoms with E-state index in [0.29, 0.717) is 10.8 Å². The number of nitrogens with one attached hydrogen (secondary N) is 1. The summed E-state index contributed by atoms with van der Waals surface area (Å²) in [6, 6.07) is 7.66. The zero-order valence-electron chi connectivity index (χ0n) is 14.6. The van der Waals surface area contributed by atoms with E-state index in [1.807, 2.05) is 24.3 Å². The highest BCUT2D eigenvalue weighted by Gasteiger charge is 2.38. The van der Waals surface area contributed by atoms with Crippen LogP contribution in [-0.2, 0) is 9.53 Å². The van der Waals surface area contributed by atoms with Crippen molar-refractivity contribution in [2.75, 3.05) is 38.6 Å². The fourth-order valence-corrected chi connectivity index (χ4v) is 4.94. The van der Waals surface area contributed by atoms with Gasteiger partial charge in [-0.1, -0.05) is 43.0 Å². The Hall–Kier alpha value is -0.750. The predicted molar refractivity (Wildman–Crippen MR) is 103 cm³/mol. The fraction of sp³-hybridized carbons (Fsp3) is 0.632. The monoisotopic (exact) mass is 382 g/mol. The number of hydrogen-bond donors (Lipinski definition) is 1. The molecule has 1 aliphatic heterocycles. The molecule has 25 heavy (non-hydrogen) atoms. The van der Waals surface area contributed by atoms with E-state index in [2.05, 4.69) is 10.2 Å². The number of rotatable bonds is 6. The van der Waals surface area contributed by atoms with E-state index in [4.69, 9.17) is 16.3 Å². The third-order valence-corrected chi connectivity index (χ3v) is 6.79. The average molecular weight is 383 g/mol. The second-order valence-corrected chi connectivity index (χ2v) is 8.30. The number of carbonyl (C=O) groups excluding carboxylic acids is 1. The van der Waals surface area contributed by atoms with Crippen molar-refractivity contribution in [3.05, 3.63) is 29.3 Å². The molecule has 0 unspecified atom stereocenters. The molecular weight excluding hydrogens is 356 g/mol. The highest BCUT2D eigenvalue weighted by molar-refractivity contribution is 8.00. The van der Waals surface area contributed by atoms with Crippen LogP contribution in [0.3, 0.4) is 0 Å². The molecule has 0 atom stereocenters. The van der Waals surface area contributed by atoms with Gasteiger partial charge in [-0.15, -0.1) is 11.8 Å². The van der Waals surface area contributed by atoms with Crippen LogP contribution in [0.25, 0.3) is 0 Å². The van der Waals surface area contributed by atoms with Crippen molar-refractivity contribution in [1.29, 1.82) is 0 Å². The number of carbonyl (C=O) groups is 1. The maximum Gasteiger partial charge on any atom is 0.230 e. The lowest BCUT2D eigenvalue weighted by molar-refractivity contribution is -0.119. The molecule has 1 aromatic rings. The number of amides is 1. The normalized spacial score (nSPS) is 21.0. The Bertz CT molecular complexity index is 572. The highest BCUT2D eigenvalue weighted by atomic mass is 35.5. The SMILES string of the molecule is O=C(CSc1ccccc1Cl)NCC1(N2CCOCC2)CCCCC1. The summed E-state index contributed by atoms with van der Waals surface area (Å²) < 4.78 is 5.52. The lowest BCUT2D eigenvalue weighted by atomic mass is 9.79. The Morgan fingerprint density at radius 3 is 2.64 bits per heavy atom. The standard InChI is InChI=1S/C19H27ClN2O2S/c20-16-6-2-3-7-17(16)25-14-18(23)21-15-19(8-4-1-5-9-19)22-10-12-24-13-11-22/h2-3,6-7H,1,4-5,8-15H2,(H,21,23). The van der Waals surface area contributed by atoms with E-state index < -0.39 is 0 Å². The minimum atomic E-state index is 0.0862. The Morgan fingerprint density at radius 2 is 1.92 bits per heavy atom. The lowest BCUT2D eigenvalue weighted by Gasteiger charge is -2.48. The van der Waals surface area contributed by atoms with Crippen LogP contribution in [0.4, 0.5) is 0 Å². The molecule has 2 aliphatic rings. The van der Waals surface area contributed by atoms with Crippen molar-refractivity contribution in [3.63, 3.8) is 0 Å².